The van der Waals surface area contributed by atoms with Crippen molar-refractivity contribution in [3.63, 3.8) is 0 Å². The second kappa shape index (κ2) is 4.96. The summed E-state index contributed by atoms with van der Waals surface area (Å²) in [5, 5.41) is 0. The third-order valence-corrected chi connectivity index (χ3v) is 2.73. The Morgan fingerprint density at radius 3 is 2.20 bits per heavy atom. The zero-order valence-electron chi connectivity index (χ0n) is 9.95. The average molecular weight is 205 g/mol. The SMILES string of the molecule is CCC(C)C(=O)c1ccc(N(C)C)cc1. The Bertz CT molecular complexity index is 327. The van der Waals surface area contributed by atoms with E-state index in [9.17, 15) is 4.79 Å². The lowest BCUT2D eigenvalue weighted by Gasteiger charge is -2.13. The second-order valence-corrected chi connectivity index (χ2v) is 4.11. The highest BCUT2D eigenvalue weighted by molar-refractivity contribution is 5.97. The maximum Gasteiger partial charge on any atom is 0.165 e. The molecule has 0 fully saturated rings. The van der Waals surface area contributed by atoms with Gasteiger partial charge in [-0.3, -0.25) is 4.79 Å². The van der Waals surface area contributed by atoms with Gasteiger partial charge in [0.15, 0.2) is 5.78 Å². The summed E-state index contributed by atoms with van der Waals surface area (Å²) in [5.41, 5.74) is 1.94. The zero-order valence-corrected chi connectivity index (χ0v) is 9.95. The van der Waals surface area contributed by atoms with E-state index in [2.05, 4.69) is 0 Å². The smallest absolute Gasteiger partial charge is 0.165 e. The van der Waals surface area contributed by atoms with Crippen molar-refractivity contribution < 1.29 is 4.79 Å². The summed E-state index contributed by atoms with van der Waals surface area (Å²) in [6.07, 6.45) is 0.897. The van der Waals surface area contributed by atoms with Gasteiger partial charge in [0.05, 0.1) is 0 Å². The first-order chi connectivity index (χ1) is 7.06. The summed E-state index contributed by atoms with van der Waals surface area (Å²) < 4.78 is 0. The van der Waals surface area contributed by atoms with Gasteiger partial charge >= 0.3 is 0 Å². The molecule has 0 aromatic heterocycles. The molecule has 0 N–H and O–H groups in total. The maximum absolute atomic E-state index is 11.8. The highest BCUT2D eigenvalue weighted by Gasteiger charge is 2.12. The summed E-state index contributed by atoms with van der Waals surface area (Å²) in [7, 11) is 3.98. The molecule has 2 nitrogen and oxygen atoms in total. The van der Waals surface area contributed by atoms with E-state index in [0.717, 1.165) is 17.7 Å². The number of ketones is 1. The Kier molecular flexibility index (Phi) is 3.89. The zero-order chi connectivity index (χ0) is 11.4. The van der Waals surface area contributed by atoms with Crippen LogP contribution in [0.4, 0.5) is 5.69 Å². The molecule has 0 spiro atoms. The predicted octanol–water partition coefficient (Wildman–Crippen LogP) is 2.98. The van der Waals surface area contributed by atoms with E-state index < -0.39 is 0 Å². The Hall–Kier alpha value is -1.31. The number of benzene rings is 1. The molecule has 1 aromatic rings. The average Bonchev–Trinajstić information content (AvgIpc) is 2.27. The highest BCUT2D eigenvalue weighted by atomic mass is 16.1. The molecule has 82 valence electrons. The quantitative estimate of drug-likeness (QED) is 0.704. The number of carbonyl (C=O) groups is 1. The van der Waals surface area contributed by atoms with Gasteiger partial charge in [-0.25, -0.2) is 0 Å². The van der Waals surface area contributed by atoms with Crippen molar-refractivity contribution in [1.29, 1.82) is 0 Å². The molecule has 1 aromatic carbocycles. The minimum absolute atomic E-state index is 0.121. The Morgan fingerprint density at radius 2 is 1.80 bits per heavy atom. The maximum atomic E-state index is 11.8. The third-order valence-electron chi connectivity index (χ3n) is 2.73. The number of nitrogens with zero attached hydrogens (tertiary/aromatic N) is 1. The van der Waals surface area contributed by atoms with Crippen LogP contribution in [0.2, 0.25) is 0 Å². The van der Waals surface area contributed by atoms with Crippen LogP contribution < -0.4 is 4.90 Å². The van der Waals surface area contributed by atoms with Gasteiger partial charge in [-0.05, 0) is 30.7 Å². The molecule has 1 unspecified atom stereocenters. The van der Waals surface area contributed by atoms with Gasteiger partial charge in [0, 0.05) is 31.3 Å². The largest absolute Gasteiger partial charge is 0.378 e. The summed E-state index contributed by atoms with van der Waals surface area (Å²) in [4.78, 5) is 13.9. The number of Topliss-reactive ketones (excluding diaryl/α,β-unsaturated/α-hetero) is 1. The molecule has 0 aliphatic carbocycles. The van der Waals surface area contributed by atoms with Crippen molar-refractivity contribution in [3.8, 4) is 0 Å². The topological polar surface area (TPSA) is 20.3 Å². The van der Waals surface area contributed by atoms with Crippen LogP contribution >= 0.6 is 0 Å². The van der Waals surface area contributed by atoms with E-state index in [1.54, 1.807) is 0 Å². The number of anilines is 1. The van der Waals surface area contributed by atoms with Crippen LogP contribution in [0, 0.1) is 5.92 Å². The van der Waals surface area contributed by atoms with Crippen LogP contribution in [0.3, 0.4) is 0 Å². The van der Waals surface area contributed by atoms with Crippen LogP contribution in [-0.2, 0) is 0 Å². The highest BCUT2D eigenvalue weighted by Crippen LogP contribution is 2.16. The lowest BCUT2D eigenvalue weighted by Crippen LogP contribution is -2.11. The van der Waals surface area contributed by atoms with Crippen molar-refractivity contribution in [3.05, 3.63) is 29.8 Å². The standard InChI is InChI=1S/C13H19NO/c1-5-10(2)13(15)11-6-8-12(9-7-11)14(3)4/h6-10H,5H2,1-4H3. The number of hydrogen-bond acceptors (Lipinski definition) is 2. The van der Waals surface area contributed by atoms with Gasteiger partial charge in [-0.2, -0.15) is 0 Å². The lowest BCUT2D eigenvalue weighted by atomic mass is 9.97. The van der Waals surface area contributed by atoms with E-state index >= 15 is 0 Å². The first-order valence-corrected chi connectivity index (χ1v) is 5.37. The normalized spacial score (nSPS) is 12.3. The molecule has 0 aliphatic rings. The molecule has 0 heterocycles. The van der Waals surface area contributed by atoms with Crippen molar-refractivity contribution >= 4 is 11.5 Å². The Morgan fingerprint density at radius 1 is 1.27 bits per heavy atom. The fraction of sp³-hybridized carbons (Fsp3) is 0.462. The number of rotatable bonds is 4. The van der Waals surface area contributed by atoms with E-state index in [4.69, 9.17) is 0 Å². The molecular formula is C13H19NO. The van der Waals surface area contributed by atoms with Gasteiger partial charge < -0.3 is 4.90 Å². The number of hydrogen-bond donors (Lipinski definition) is 0. The fourth-order valence-corrected chi connectivity index (χ4v) is 1.39. The van der Waals surface area contributed by atoms with Crippen molar-refractivity contribution in [1.82, 2.24) is 0 Å². The van der Waals surface area contributed by atoms with Crippen molar-refractivity contribution in [2.75, 3.05) is 19.0 Å². The monoisotopic (exact) mass is 205 g/mol. The summed E-state index contributed by atoms with van der Waals surface area (Å²) in [6.45, 7) is 4.01. The van der Waals surface area contributed by atoms with Crippen molar-refractivity contribution in [2.24, 2.45) is 5.92 Å². The van der Waals surface area contributed by atoms with Crippen LogP contribution in [0.25, 0.3) is 0 Å². The predicted molar refractivity (Wildman–Crippen MR) is 64.6 cm³/mol. The van der Waals surface area contributed by atoms with Gasteiger partial charge in [0.2, 0.25) is 0 Å². The molecule has 2 heteroatoms. The van der Waals surface area contributed by atoms with Gasteiger partial charge in [-0.1, -0.05) is 13.8 Å². The minimum Gasteiger partial charge on any atom is -0.378 e. The molecule has 0 saturated heterocycles. The lowest BCUT2D eigenvalue weighted by molar-refractivity contribution is 0.0927. The molecule has 15 heavy (non-hydrogen) atoms. The van der Waals surface area contributed by atoms with E-state index in [-0.39, 0.29) is 11.7 Å². The minimum atomic E-state index is 0.121. The molecule has 1 rings (SSSR count). The van der Waals surface area contributed by atoms with Gasteiger partial charge in [-0.15, -0.1) is 0 Å². The van der Waals surface area contributed by atoms with Gasteiger partial charge in [0.1, 0.15) is 0 Å². The third kappa shape index (κ3) is 2.82. The summed E-state index contributed by atoms with van der Waals surface area (Å²) in [6, 6.07) is 7.78. The number of carbonyl (C=O) groups excluding carboxylic acids is 1. The molecule has 0 saturated carbocycles. The van der Waals surface area contributed by atoms with E-state index in [1.165, 1.54) is 0 Å². The molecule has 0 amide bonds. The Labute approximate surface area is 91.9 Å². The van der Waals surface area contributed by atoms with Crippen LogP contribution in [0.1, 0.15) is 30.6 Å². The molecular weight excluding hydrogens is 186 g/mol. The van der Waals surface area contributed by atoms with E-state index in [1.807, 2.05) is 57.1 Å². The van der Waals surface area contributed by atoms with Crippen LogP contribution in [-0.4, -0.2) is 19.9 Å². The van der Waals surface area contributed by atoms with Crippen LogP contribution in [0.15, 0.2) is 24.3 Å². The fourth-order valence-electron chi connectivity index (χ4n) is 1.39. The van der Waals surface area contributed by atoms with Gasteiger partial charge in [0.25, 0.3) is 0 Å². The molecule has 0 bridgehead atoms. The van der Waals surface area contributed by atoms with Crippen LogP contribution in [0.5, 0.6) is 0 Å². The molecule has 1 atom stereocenters. The van der Waals surface area contributed by atoms with E-state index in [0.29, 0.717) is 0 Å². The summed E-state index contributed by atoms with van der Waals surface area (Å²) in [5.74, 6) is 0.359. The molecule has 0 radical (unpaired) electrons. The first-order valence-electron chi connectivity index (χ1n) is 5.37. The second-order valence-electron chi connectivity index (χ2n) is 4.11. The Balaban J connectivity index is 2.84. The summed E-state index contributed by atoms with van der Waals surface area (Å²) >= 11 is 0. The first kappa shape index (κ1) is 11.8. The van der Waals surface area contributed by atoms with Crippen molar-refractivity contribution in [2.45, 2.75) is 20.3 Å². The molecule has 0 aliphatic heterocycles.